The summed E-state index contributed by atoms with van der Waals surface area (Å²) in [6.45, 7) is 1.24. The van der Waals surface area contributed by atoms with Crippen LogP contribution in [-0.2, 0) is 0 Å². The van der Waals surface area contributed by atoms with Crippen LogP contribution in [0.5, 0.6) is 0 Å². The molecule has 8 heteroatoms. The van der Waals surface area contributed by atoms with Crippen molar-refractivity contribution in [3.63, 3.8) is 0 Å². The molecule has 3 rings (SSSR count). The van der Waals surface area contributed by atoms with Crippen LogP contribution in [0.25, 0.3) is 0 Å². The fourth-order valence-corrected chi connectivity index (χ4v) is 3.30. The van der Waals surface area contributed by atoms with Gasteiger partial charge in [-0.25, -0.2) is 0 Å². The average molecular weight is 346 g/mol. The predicted molar refractivity (Wildman–Crippen MR) is 85.8 cm³/mol. The second-order valence-corrected chi connectivity index (χ2v) is 6.03. The van der Waals surface area contributed by atoms with Gasteiger partial charge in [0, 0.05) is 36.3 Å². The molecule has 1 aromatic carbocycles. The van der Waals surface area contributed by atoms with Crippen LogP contribution in [0.3, 0.4) is 0 Å². The van der Waals surface area contributed by atoms with E-state index in [1.165, 1.54) is 18.2 Å². The minimum atomic E-state index is -0.554. The molecule has 0 aliphatic carbocycles. The number of carbonyl (C=O) groups is 1. The maximum Gasteiger partial charge on any atom is 0.283 e. The van der Waals surface area contributed by atoms with E-state index in [9.17, 15) is 14.9 Å². The molecule has 22 heavy (non-hydrogen) atoms. The monoisotopic (exact) mass is 345 g/mol. The third-order valence-electron chi connectivity index (χ3n) is 4.20. The van der Waals surface area contributed by atoms with Crippen molar-refractivity contribution in [1.29, 1.82) is 0 Å². The van der Waals surface area contributed by atoms with Crippen LogP contribution in [0.2, 0.25) is 5.02 Å². The lowest BCUT2D eigenvalue weighted by Crippen LogP contribution is -2.39. The fourth-order valence-electron chi connectivity index (χ4n) is 3.13. The number of likely N-dealkylation sites (tertiary alicyclic amines) is 1. The van der Waals surface area contributed by atoms with Crippen molar-refractivity contribution in [1.82, 2.24) is 10.2 Å². The lowest BCUT2D eigenvalue weighted by molar-refractivity contribution is -0.385. The first-order valence-electron chi connectivity index (χ1n) is 7.04. The highest BCUT2D eigenvalue weighted by Gasteiger charge is 2.33. The summed E-state index contributed by atoms with van der Waals surface area (Å²) < 4.78 is 0. The second kappa shape index (κ2) is 6.81. The van der Waals surface area contributed by atoms with Gasteiger partial charge in [-0.2, -0.15) is 0 Å². The Hall–Kier alpha value is -1.37. The summed E-state index contributed by atoms with van der Waals surface area (Å²) in [7, 11) is 0. The third-order valence-corrected chi connectivity index (χ3v) is 4.43. The summed E-state index contributed by atoms with van der Waals surface area (Å²) in [5, 5.41) is 14.9. The number of halogens is 2. The number of hydrogen-bond donors (Lipinski definition) is 1. The van der Waals surface area contributed by atoms with Crippen molar-refractivity contribution in [3.05, 3.63) is 38.9 Å². The van der Waals surface area contributed by atoms with Gasteiger partial charge in [0.2, 0.25) is 0 Å². The number of hydrogen-bond acceptors (Lipinski definition) is 4. The Bertz CT molecular complexity index is 597. The molecule has 2 saturated heterocycles. The first kappa shape index (κ1) is 17.0. The largest absolute Gasteiger partial charge is 0.337 e. The Kier molecular flexibility index (Phi) is 5.26. The first-order valence-corrected chi connectivity index (χ1v) is 7.41. The molecule has 0 aromatic heterocycles. The molecule has 2 bridgehead atoms. The van der Waals surface area contributed by atoms with Crippen molar-refractivity contribution < 1.29 is 9.72 Å². The Morgan fingerprint density at radius 1 is 1.32 bits per heavy atom. The zero-order valence-electron chi connectivity index (χ0n) is 11.8. The van der Waals surface area contributed by atoms with Crippen LogP contribution in [0.1, 0.15) is 29.6 Å². The van der Waals surface area contributed by atoms with Gasteiger partial charge in [0.25, 0.3) is 11.6 Å². The highest BCUT2D eigenvalue weighted by Crippen LogP contribution is 2.27. The van der Waals surface area contributed by atoms with Crippen LogP contribution < -0.4 is 5.32 Å². The van der Waals surface area contributed by atoms with E-state index in [1.807, 2.05) is 0 Å². The summed E-state index contributed by atoms with van der Waals surface area (Å²) >= 11 is 5.79. The zero-order chi connectivity index (χ0) is 15.0. The summed E-state index contributed by atoms with van der Waals surface area (Å²) in [5.41, 5.74) is -0.114. The summed E-state index contributed by atoms with van der Waals surface area (Å²) in [5.74, 6) is -0.285. The molecule has 120 valence electrons. The molecule has 2 unspecified atom stereocenters. The van der Waals surface area contributed by atoms with Gasteiger partial charge < -0.3 is 10.2 Å². The van der Waals surface area contributed by atoms with Crippen molar-refractivity contribution in [2.45, 2.75) is 31.3 Å². The van der Waals surface area contributed by atoms with E-state index in [-0.39, 0.29) is 34.6 Å². The number of benzene rings is 1. The minimum absolute atomic E-state index is 0. The van der Waals surface area contributed by atoms with Crippen LogP contribution in [-0.4, -0.2) is 40.9 Å². The molecule has 1 aromatic rings. The highest BCUT2D eigenvalue weighted by atomic mass is 35.5. The molecule has 1 amide bonds. The predicted octanol–water partition coefficient (Wildman–Crippen LogP) is 2.64. The molecule has 2 fully saturated rings. The van der Waals surface area contributed by atoms with Gasteiger partial charge in [0.1, 0.15) is 5.56 Å². The van der Waals surface area contributed by atoms with Gasteiger partial charge in [0.15, 0.2) is 0 Å². The van der Waals surface area contributed by atoms with Crippen molar-refractivity contribution in [3.8, 4) is 0 Å². The van der Waals surface area contributed by atoms with E-state index in [0.717, 1.165) is 19.3 Å². The third kappa shape index (κ3) is 3.34. The Morgan fingerprint density at radius 3 is 2.77 bits per heavy atom. The van der Waals surface area contributed by atoms with Crippen LogP contribution in [0.4, 0.5) is 5.69 Å². The van der Waals surface area contributed by atoms with Crippen LogP contribution in [0, 0.1) is 10.1 Å². The first-order chi connectivity index (χ1) is 10.0. The van der Waals surface area contributed by atoms with E-state index in [2.05, 4.69) is 5.32 Å². The molecule has 2 heterocycles. The lowest BCUT2D eigenvalue weighted by Gasteiger charge is -2.24. The maximum atomic E-state index is 12.6. The molecular weight excluding hydrogens is 329 g/mol. The van der Waals surface area contributed by atoms with Gasteiger partial charge in [-0.05, 0) is 31.4 Å². The minimum Gasteiger partial charge on any atom is -0.337 e. The molecule has 6 nitrogen and oxygen atoms in total. The number of amides is 1. The highest BCUT2D eigenvalue weighted by molar-refractivity contribution is 6.31. The van der Waals surface area contributed by atoms with Gasteiger partial charge in [-0.3, -0.25) is 14.9 Å². The lowest BCUT2D eigenvalue weighted by atomic mass is 10.1. The second-order valence-electron chi connectivity index (χ2n) is 5.60. The number of nitrogens with one attached hydrogen (secondary N) is 1. The maximum absolute atomic E-state index is 12.6. The van der Waals surface area contributed by atoms with Crippen LogP contribution >= 0.6 is 24.0 Å². The van der Waals surface area contributed by atoms with Crippen molar-refractivity contribution in [2.75, 3.05) is 13.1 Å². The Balaban J connectivity index is 0.00000176. The molecule has 2 aliphatic rings. The summed E-state index contributed by atoms with van der Waals surface area (Å²) in [6, 6.07) is 4.96. The molecule has 0 saturated carbocycles. The SMILES string of the molecule is Cl.O=C(c1ccc(Cl)cc1[N+](=O)[O-])N1CCC2CCC(C1)N2. The van der Waals surface area contributed by atoms with Gasteiger partial charge in [-0.15, -0.1) is 12.4 Å². The molecule has 2 aliphatic heterocycles. The van der Waals surface area contributed by atoms with Crippen molar-refractivity contribution >= 4 is 35.6 Å². The van der Waals surface area contributed by atoms with E-state index in [0.29, 0.717) is 25.2 Å². The number of nitro benzene ring substituents is 1. The number of nitro groups is 1. The average Bonchev–Trinajstić information content (AvgIpc) is 2.77. The quantitative estimate of drug-likeness (QED) is 0.660. The molecule has 2 atom stereocenters. The van der Waals surface area contributed by atoms with Gasteiger partial charge in [-0.1, -0.05) is 11.6 Å². The number of nitrogens with zero attached hydrogens (tertiary/aromatic N) is 2. The standard InChI is InChI=1S/C14H16ClN3O3.ClH/c15-9-1-4-12(13(7-9)18(20)21)14(19)17-6-5-10-2-3-11(8-17)16-10;/h1,4,7,10-11,16H,2-3,5-6,8H2;1H. The van der Waals surface area contributed by atoms with E-state index in [4.69, 9.17) is 11.6 Å². The summed E-state index contributed by atoms with van der Waals surface area (Å²) in [4.78, 5) is 24.9. The normalized spacial score (nSPS) is 23.6. The fraction of sp³-hybridized carbons (Fsp3) is 0.500. The van der Waals surface area contributed by atoms with E-state index >= 15 is 0 Å². The molecule has 0 radical (unpaired) electrons. The van der Waals surface area contributed by atoms with E-state index in [1.54, 1.807) is 4.90 Å². The van der Waals surface area contributed by atoms with Gasteiger partial charge >= 0.3 is 0 Å². The number of carbonyl (C=O) groups excluding carboxylic acids is 1. The zero-order valence-corrected chi connectivity index (χ0v) is 13.4. The topological polar surface area (TPSA) is 75.5 Å². The smallest absolute Gasteiger partial charge is 0.283 e. The van der Waals surface area contributed by atoms with Gasteiger partial charge in [0.05, 0.1) is 4.92 Å². The van der Waals surface area contributed by atoms with E-state index < -0.39 is 4.92 Å². The molecular formula is C14H17Cl2N3O3. The van der Waals surface area contributed by atoms with Crippen molar-refractivity contribution in [2.24, 2.45) is 0 Å². The summed E-state index contributed by atoms with van der Waals surface area (Å²) in [6.07, 6.45) is 3.09. The Morgan fingerprint density at radius 2 is 2.05 bits per heavy atom. The molecule has 1 N–H and O–H groups in total. The Labute approximate surface area is 139 Å². The number of fused-ring (bicyclic) bond motifs is 2. The molecule has 0 spiro atoms. The number of rotatable bonds is 2. The van der Waals surface area contributed by atoms with Crippen LogP contribution in [0.15, 0.2) is 18.2 Å².